The van der Waals surface area contributed by atoms with E-state index in [4.69, 9.17) is 4.74 Å². The van der Waals surface area contributed by atoms with Crippen LogP contribution in [0, 0.1) is 5.92 Å². The molecule has 0 amide bonds. The predicted octanol–water partition coefficient (Wildman–Crippen LogP) is 4.03. The first-order chi connectivity index (χ1) is 10.3. The lowest BCUT2D eigenvalue weighted by atomic mass is 10.00. The van der Waals surface area contributed by atoms with Crippen LogP contribution in [0.15, 0.2) is 36.5 Å². The first kappa shape index (κ1) is 15.8. The highest BCUT2D eigenvalue weighted by Gasteiger charge is 2.16. The van der Waals surface area contributed by atoms with Crippen LogP contribution in [0.5, 0.6) is 5.75 Å². The van der Waals surface area contributed by atoms with Crippen LogP contribution in [-0.2, 0) is 0 Å². The van der Waals surface area contributed by atoms with E-state index in [2.05, 4.69) is 43.2 Å². The zero-order valence-corrected chi connectivity index (χ0v) is 13.3. The van der Waals surface area contributed by atoms with Crippen molar-refractivity contribution in [2.75, 3.05) is 13.2 Å². The molecule has 0 saturated carbocycles. The van der Waals surface area contributed by atoms with Crippen molar-refractivity contribution >= 4 is 10.9 Å². The van der Waals surface area contributed by atoms with Crippen LogP contribution in [0.3, 0.4) is 0 Å². The summed E-state index contributed by atoms with van der Waals surface area (Å²) in [6.45, 7) is 8.41. The molecule has 2 unspecified atom stereocenters. The van der Waals surface area contributed by atoms with Crippen molar-refractivity contribution in [1.82, 2.24) is 10.3 Å². The zero-order valence-electron chi connectivity index (χ0n) is 13.3. The van der Waals surface area contributed by atoms with Crippen molar-refractivity contribution in [3.63, 3.8) is 0 Å². The minimum atomic E-state index is 0.383. The van der Waals surface area contributed by atoms with Gasteiger partial charge in [0.25, 0.3) is 0 Å². The van der Waals surface area contributed by atoms with Crippen LogP contribution >= 0.6 is 0 Å². The van der Waals surface area contributed by atoms with Crippen LogP contribution in [-0.4, -0.2) is 24.2 Å². The summed E-state index contributed by atoms with van der Waals surface area (Å²) in [6.07, 6.45) is 4.11. The van der Waals surface area contributed by atoms with Gasteiger partial charge in [-0.2, -0.15) is 0 Å². The van der Waals surface area contributed by atoms with Crippen LogP contribution in [0.4, 0.5) is 0 Å². The Hall–Kier alpha value is -1.61. The maximum Gasteiger partial charge on any atom is 0.145 e. The maximum atomic E-state index is 6.08. The molecule has 1 heterocycles. The third-order valence-corrected chi connectivity index (χ3v) is 4.00. The van der Waals surface area contributed by atoms with Crippen LogP contribution < -0.4 is 10.1 Å². The molecule has 2 rings (SSSR count). The number of fused-ring (bicyclic) bond motifs is 1. The van der Waals surface area contributed by atoms with Crippen molar-refractivity contribution in [2.45, 2.75) is 39.7 Å². The number of benzene rings is 1. The number of hydrogen-bond donors (Lipinski definition) is 1. The van der Waals surface area contributed by atoms with Gasteiger partial charge in [0.15, 0.2) is 0 Å². The van der Waals surface area contributed by atoms with Gasteiger partial charge in [0, 0.05) is 17.6 Å². The van der Waals surface area contributed by atoms with Gasteiger partial charge in [-0.15, -0.1) is 0 Å². The van der Waals surface area contributed by atoms with Gasteiger partial charge in [-0.05, 0) is 31.0 Å². The molecule has 1 aromatic carbocycles. The molecule has 0 aliphatic carbocycles. The largest absolute Gasteiger partial charge is 0.490 e. The summed E-state index contributed by atoms with van der Waals surface area (Å²) < 4.78 is 6.08. The Labute approximate surface area is 127 Å². The molecule has 0 radical (unpaired) electrons. The number of para-hydroxylation sites is 1. The van der Waals surface area contributed by atoms with E-state index in [1.807, 2.05) is 24.4 Å². The van der Waals surface area contributed by atoms with E-state index in [1.165, 1.54) is 0 Å². The number of nitrogens with zero attached hydrogens (tertiary/aromatic N) is 1. The summed E-state index contributed by atoms with van der Waals surface area (Å²) in [6, 6.07) is 10.5. The lowest BCUT2D eigenvalue weighted by Gasteiger charge is -2.24. The van der Waals surface area contributed by atoms with E-state index in [0.717, 1.165) is 36.0 Å². The van der Waals surface area contributed by atoms with Crippen molar-refractivity contribution in [3.8, 4) is 5.75 Å². The first-order valence-electron chi connectivity index (χ1n) is 7.96. The molecule has 3 nitrogen and oxygen atoms in total. The van der Waals surface area contributed by atoms with Crippen molar-refractivity contribution < 1.29 is 4.74 Å². The Morgan fingerprint density at radius 3 is 2.76 bits per heavy atom. The number of nitrogens with one attached hydrogen (secondary N) is 1. The quantitative estimate of drug-likeness (QED) is 0.795. The smallest absolute Gasteiger partial charge is 0.145 e. The summed E-state index contributed by atoms with van der Waals surface area (Å²) in [5.74, 6) is 1.47. The Morgan fingerprint density at radius 2 is 2.00 bits per heavy atom. The SMILES string of the molecule is CCCNC(COc1cccc2cccnc12)C(C)CC. The zero-order chi connectivity index (χ0) is 15.1. The molecule has 21 heavy (non-hydrogen) atoms. The molecule has 0 spiro atoms. The van der Waals surface area contributed by atoms with E-state index < -0.39 is 0 Å². The van der Waals surface area contributed by atoms with Crippen LogP contribution in [0.2, 0.25) is 0 Å². The molecule has 0 saturated heterocycles. The second kappa shape index (κ2) is 7.99. The molecule has 2 atom stereocenters. The van der Waals surface area contributed by atoms with Crippen molar-refractivity contribution in [2.24, 2.45) is 5.92 Å². The van der Waals surface area contributed by atoms with Gasteiger partial charge in [-0.3, -0.25) is 4.98 Å². The molecule has 0 aliphatic heterocycles. The lowest BCUT2D eigenvalue weighted by molar-refractivity contribution is 0.222. The molecule has 0 bridgehead atoms. The molecule has 114 valence electrons. The number of rotatable bonds is 8. The average Bonchev–Trinajstić information content (AvgIpc) is 2.54. The fourth-order valence-corrected chi connectivity index (χ4v) is 2.41. The van der Waals surface area contributed by atoms with Gasteiger partial charge >= 0.3 is 0 Å². The topological polar surface area (TPSA) is 34.1 Å². The third-order valence-electron chi connectivity index (χ3n) is 4.00. The number of ether oxygens (including phenoxy) is 1. The number of hydrogen-bond acceptors (Lipinski definition) is 3. The highest BCUT2D eigenvalue weighted by molar-refractivity contribution is 5.84. The molecule has 0 aliphatic rings. The van der Waals surface area contributed by atoms with Gasteiger partial charge in [0.05, 0.1) is 0 Å². The fraction of sp³-hybridized carbons (Fsp3) is 0.500. The van der Waals surface area contributed by atoms with Gasteiger partial charge in [0.1, 0.15) is 17.9 Å². The highest BCUT2D eigenvalue weighted by Crippen LogP contribution is 2.23. The average molecular weight is 286 g/mol. The summed E-state index contributed by atoms with van der Waals surface area (Å²) in [5.41, 5.74) is 0.943. The molecular formula is C18H26N2O. The molecule has 3 heteroatoms. The van der Waals surface area contributed by atoms with E-state index in [0.29, 0.717) is 18.6 Å². The van der Waals surface area contributed by atoms with Crippen LogP contribution in [0.25, 0.3) is 10.9 Å². The highest BCUT2D eigenvalue weighted by atomic mass is 16.5. The molecular weight excluding hydrogens is 260 g/mol. The second-order valence-corrected chi connectivity index (χ2v) is 5.59. The van der Waals surface area contributed by atoms with Crippen LogP contribution in [0.1, 0.15) is 33.6 Å². The van der Waals surface area contributed by atoms with E-state index in [1.54, 1.807) is 0 Å². The van der Waals surface area contributed by atoms with Gasteiger partial charge in [0.2, 0.25) is 0 Å². The van der Waals surface area contributed by atoms with Gasteiger partial charge in [-0.1, -0.05) is 45.4 Å². The predicted molar refractivity (Wildman–Crippen MR) is 88.8 cm³/mol. The summed E-state index contributed by atoms with van der Waals surface area (Å²) in [7, 11) is 0. The van der Waals surface area contributed by atoms with E-state index >= 15 is 0 Å². The Balaban J connectivity index is 2.08. The van der Waals surface area contributed by atoms with Gasteiger partial charge in [-0.25, -0.2) is 0 Å². The summed E-state index contributed by atoms with van der Waals surface area (Å²) >= 11 is 0. The molecule has 2 aromatic rings. The van der Waals surface area contributed by atoms with Crippen molar-refractivity contribution in [1.29, 1.82) is 0 Å². The van der Waals surface area contributed by atoms with Gasteiger partial charge < -0.3 is 10.1 Å². The normalized spacial score (nSPS) is 14.0. The fourth-order valence-electron chi connectivity index (χ4n) is 2.41. The minimum Gasteiger partial charge on any atom is -0.490 e. The van der Waals surface area contributed by atoms with E-state index in [-0.39, 0.29) is 0 Å². The minimum absolute atomic E-state index is 0.383. The second-order valence-electron chi connectivity index (χ2n) is 5.59. The molecule has 0 fully saturated rings. The summed E-state index contributed by atoms with van der Waals surface area (Å²) in [5, 5.41) is 4.71. The molecule has 1 N–H and O–H groups in total. The lowest BCUT2D eigenvalue weighted by Crippen LogP contribution is -2.40. The summed E-state index contributed by atoms with van der Waals surface area (Å²) in [4.78, 5) is 4.44. The van der Waals surface area contributed by atoms with E-state index in [9.17, 15) is 0 Å². The molecule has 1 aromatic heterocycles. The number of aromatic nitrogens is 1. The van der Waals surface area contributed by atoms with Crippen molar-refractivity contribution in [3.05, 3.63) is 36.5 Å². The standard InChI is InChI=1S/C18H26N2O/c1-4-11-19-16(14(3)5-2)13-21-17-10-6-8-15-9-7-12-20-18(15)17/h6-10,12,14,16,19H,4-5,11,13H2,1-3H3. The first-order valence-corrected chi connectivity index (χ1v) is 7.96. The number of pyridine rings is 1. The Bertz CT molecular complexity index is 550. The maximum absolute atomic E-state index is 6.08. The Morgan fingerprint density at radius 1 is 1.19 bits per heavy atom. The Kier molecular flexibility index (Phi) is 6.00. The monoisotopic (exact) mass is 286 g/mol. The third kappa shape index (κ3) is 4.18.